The molecule has 0 radical (unpaired) electrons. The van der Waals surface area contributed by atoms with Crippen LogP contribution in [0.5, 0.6) is 0 Å². The van der Waals surface area contributed by atoms with E-state index >= 15 is 0 Å². The smallest absolute Gasteiger partial charge is 0.232 e. The van der Waals surface area contributed by atoms with E-state index in [0.717, 1.165) is 63.4 Å². The van der Waals surface area contributed by atoms with Gasteiger partial charge in [0.2, 0.25) is 5.91 Å². The molecule has 4 aromatic carbocycles. The predicted octanol–water partition coefficient (Wildman–Crippen LogP) is 11.5. The Morgan fingerprint density at radius 1 is 0.891 bits per heavy atom. The molecule has 2 atom stereocenters. The second kappa shape index (κ2) is 14.6. The van der Waals surface area contributed by atoms with Crippen molar-refractivity contribution >= 4 is 34.6 Å². The van der Waals surface area contributed by atoms with Crippen LogP contribution in [0.1, 0.15) is 98.3 Å². The number of aryl methyl sites for hydroxylation is 1. The molecule has 3 nitrogen and oxygen atoms in total. The monoisotopic (exact) mass is 631 g/mol. The zero-order chi connectivity index (χ0) is 32.8. The lowest BCUT2D eigenvalue weighted by atomic mass is 9.72. The average Bonchev–Trinajstić information content (AvgIpc) is 3.04. The maximum absolute atomic E-state index is 13.9. The molecular formula is C42H46ClNO2. The van der Waals surface area contributed by atoms with Crippen molar-refractivity contribution in [1.29, 1.82) is 0 Å². The van der Waals surface area contributed by atoms with E-state index in [9.17, 15) is 9.59 Å². The molecule has 0 saturated carbocycles. The molecule has 1 amide bonds. The highest BCUT2D eigenvalue weighted by Gasteiger charge is 2.27. The maximum atomic E-state index is 13.9. The normalized spacial score (nSPS) is 15.6. The molecule has 1 aliphatic rings. The van der Waals surface area contributed by atoms with Gasteiger partial charge in [-0.05, 0) is 114 Å². The van der Waals surface area contributed by atoms with Gasteiger partial charge in [-0.25, -0.2) is 0 Å². The van der Waals surface area contributed by atoms with Crippen LogP contribution in [-0.4, -0.2) is 11.7 Å². The van der Waals surface area contributed by atoms with Gasteiger partial charge in [0.25, 0.3) is 0 Å². The van der Waals surface area contributed by atoms with Crippen molar-refractivity contribution in [3.8, 4) is 11.1 Å². The van der Waals surface area contributed by atoms with Crippen LogP contribution in [-0.2, 0) is 11.2 Å². The number of hydrogen-bond acceptors (Lipinski definition) is 2. The first-order valence-electron chi connectivity index (χ1n) is 16.6. The Labute approximate surface area is 280 Å². The van der Waals surface area contributed by atoms with Crippen molar-refractivity contribution in [2.75, 3.05) is 5.32 Å². The summed E-state index contributed by atoms with van der Waals surface area (Å²) in [4.78, 5) is 26.4. The average molecular weight is 632 g/mol. The Kier molecular flexibility index (Phi) is 10.6. The Morgan fingerprint density at radius 2 is 1.57 bits per heavy atom. The van der Waals surface area contributed by atoms with Crippen LogP contribution in [0.2, 0.25) is 5.02 Å². The van der Waals surface area contributed by atoms with Crippen LogP contribution in [0, 0.1) is 18.3 Å². The summed E-state index contributed by atoms with van der Waals surface area (Å²) in [5.41, 5.74) is 9.73. The molecule has 5 rings (SSSR count). The molecule has 0 unspecified atom stereocenters. The van der Waals surface area contributed by atoms with Crippen molar-refractivity contribution in [3.05, 3.63) is 130 Å². The number of allylic oxidation sites excluding steroid dienone is 2. The van der Waals surface area contributed by atoms with E-state index in [0.29, 0.717) is 24.2 Å². The standard InChI is InChI=1S/C42H46ClNO2/c1-6-7-40(45)34-10-8-29(9-11-34)27-39(33-14-12-30(13-15-33)31-16-20-35(21-17-31)42(3,4)5)41(46)44-37-23-18-32(19-24-37)38-25-22-36(43)26-28(38)2/h8-16,18-19,22-26,35,39H,6-7,17,20-21,27H2,1-5H3,(H,44,46)/t35-,39+/m1/s1. The molecule has 0 spiro atoms. The molecule has 0 aliphatic heterocycles. The molecular weight excluding hydrogens is 586 g/mol. The number of benzene rings is 4. The van der Waals surface area contributed by atoms with Gasteiger partial charge in [-0.15, -0.1) is 0 Å². The predicted molar refractivity (Wildman–Crippen MR) is 194 cm³/mol. The summed E-state index contributed by atoms with van der Waals surface area (Å²) in [6.45, 7) is 11.1. The second-order valence-electron chi connectivity index (χ2n) is 13.8. The SMILES string of the molecule is CCCC(=O)c1ccc(C[C@H](C(=O)Nc2ccc(-c3ccc(Cl)cc3C)cc2)c2ccc(C3=CC[C@@H](C(C)(C)C)CC3)cc2)cc1. The second-order valence-corrected chi connectivity index (χ2v) is 14.3. The summed E-state index contributed by atoms with van der Waals surface area (Å²) in [6, 6.07) is 30.2. The number of rotatable bonds is 10. The first-order valence-corrected chi connectivity index (χ1v) is 17.0. The fraction of sp³-hybridized carbons (Fsp3) is 0.333. The Morgan fingerprint density at radius 3 is 2.15 bits per heavy atom. The zero-order valence-corrected chi connectivity index (χ0v) is 28.6. The van der Waals surface area contributed by atoms with Gasteiger partial charge in [-0.3, -0.25) is 9.59 Å². The highest BCUT2D eigenvalue weighted by Crippen LogP contribution is 2.40. The van der Waals surface area contributed by atoms with Crippen LogP contribution < -0.4 is 5.32 Å². The number of carbonyl (C=O) groups excluding carboxylic acids is 2. The fourth-order valence-electron chi connectivity index (χ4n) is 6.52. The number of halogens is 1. The zero-order valence-electron chi connectivity index (χ0n) is 27.8. The summed E-state index contributed by atoms with van der Waals surface area (Å²) >= 11 is 6.16. The maximum Gasteiger partial charge on any atom is 0.232 e. The highest BCUT2D eigenvalue weighted by atomic mass is 35.5. The van der Waals surface area contributed by atoms with E-state index in [2.05, 4.69) is 56.4 Å². The van der Waals surface area contributed by atoms with E-state index in [4.69, 9.17) is 11.6 Å². The minimum absolute atomic E-state index is 0.0563. The number of Topliss-reactive ketones (excluding diaryl/α,β-unsaturated/α-hetero) is 1. The summed E-state index contributed by atoms with van der Waals surface area (Å²) in [5, 5.41) is 3.90. The molecule has 0 heterocycles. The fourth-order valence-corrected chi connectivity index (χ4v) is 6.75. The van der Waals surface area contributed by atoms with Crippen molar-refractivity contribution in [2.45, 2.75) is 79.1 Å². The van der Waals surface area contributed by atoms with E-state index in [1.807, 2.05) is 80.6 Å². The van der Waals surface area contributed by atoms with Gasteiger partial charge in [0, 0.05) is 22.7 Å². The number of hydrogen-bond donors (Lipinski definition) is 1. The van der Waals surface area contributed by atoms with Crippen LogP contribution in [0.15, 0.2) is 97.1 Å². The third-order valence-corrected chi connectivity index (χ3v) is 9.72. The van der Waals surface area contributed by atoms with Gasteiger partial charge in [-0.2, -0.15) is 0 Å². The highest BCUT2D eigenvalue weighted by molar-refractivity contribution is 6.30. The van der Waals surface area contributed by atoms with Crippen molar-refractivity contribution in [1.82, 2.24) is 0 Å². The van der Waals surface area contributed by atoms with Crippen molar-refractivity contribution in [3.63, 3.8) is 0 Å². The van der Waals surface area contributed by atoms with Crippen molar-refractivity contribution in [2.24, 2.45) is 11.3 Å². The van der Waals surface area contributed by atoms with Gasteiger partial charge in [0.05, 0.1) is 5.92 Å². The van der Waals surface area contributed by atoms with Crippen LogP contribution in [0.4, 0.5) is 5.69 Å². The first-order chi connectivity index (χ1) is 22.0. The van der Waals surface area contributed by atoms with E-state index < -0.39 is 5.92 Å². The van der Waals surface area contributed by atoms with Gasteiger partial charge in [0.1, 0.15) is 0 Å². The number of carbonyl (C=O) groups is 2. The van der Waals surface area contributed by atoms with Gasteiger partial charge < -0.3 is 5.32 Å². The van der Waals surface area contributed by atoms with E-state index in [-0.39, 0.29) is 11.7 Å². The third kappa shape index (κ3) is 8.25. The van der Waals surface area contributed by atoms with Crippen LogP contribution >= 0.6 is 11.6 Å². The van der Waals surface area contributed by atoms with E-state index in [1.54, 1.807) is 0 Å². The minimum atomic E-state index is -0.393. The molecule has 0 aromatic heterocycles. The van der Waals surface area contributed by atoms with Gasteiger partial charge in [-0.1, -0.05) is 112 Å². The van der Waals surface area contributed by atoms with Crippen molar-refractivity contribution < 1.29 is 9.59 Å². The first kappa shape index (κ1) is 33.4. The molecule has 4 heteroatoms. The Hall–Kier alpha value is -3.95. The number of amides is 1. The molecule has 4 aromatic rings. The van der Waals surface area contributed by atoms with Gasteiger partial charge >= 0.3 is 0 Å². The summed E-state index contributed by atoms with van der Waals surface area (Å²) < 4.78 is 0. The third-order valence-electron chi connectivity index (χ3n) is 9.48. The molecule has 1 aliphatic carbocycles. The topological polar surface area (TPSA) is 46.2 Å². The molecule has 0 saturated heterocycles. The molecule has 0 fully saturated rings. The molecule has 46 heavy (non-hydrogen) atoms. The minimum Gasteiger partial charge on any atom is -0.326 e. The molecule has 1 N–H and O–H groups in total. The quantitative estimate of drug-likeness (QED) is 0.177. The number of anilines is 1. The largest absolute Gasteiger partial charge is 0.326 e. The Bertz CT molecular complexity index is 1690. The summed E-state index contributed by atoms with van der Waals surface area (Å²) in [7, 11) is 0. The Balaban J connectivity index is 1.37. The number of nitrogens with one attached hydrogen (secondary N) is 1. The lowest BCUT2D eigenvalue weighted by molar-refractivity contribution is -0.117. The molecule has 238 valence electrons. The van der Waals surface area contributed by atoms with E-state index in [1.165, 1.54) is 17.6 Å². The lowest BCUT2D eigenvalue weighted by Crippen LogP contribution is -2.23. The molecule has 0 bridgehead atoms. The lowest BCUT2D eigenvalue weighted by Gasteiger charge is -2.33. The summed E-state index contributed by atoms with van der Waals surface area (Å²) in [5.74, 6) is 0.410. The summed E-state index contributed by atoms with van der Waals surface area (Å²) in [6.07, 6.45) is 7.71. The van der Waals surface area contributed by atoms with Crippen LogP contribution in [0.3, 0.4) is 0 Å². The number of ketones is 1. The van der Waals surface area contributed by atoms with Crippen LogP contribution in [0.25, 0.3) is 16.7 Å². The van der Waals surface area contributed by atoms with Gasteiger partial charge in [0.15, 0.2) is 5.78 Å².